The van der Waals surface area contributed by atoms with E-state index in [-0.39, 0.29) is 5.41 Å². The smallest absolute Gasteiger partial charge is 0.404 e. The van der Waals surface area contributed by atoms with E-state index in [0.717, 1.165) is 30.8 Å². The molecule has 98 valence electrons. The lowest BCUT2D eigenvalue weighted by atomic mass is 9.94. The zero-order chi connectivity index (χ0) is 12.8. The summed E-state index contributed by atoms with van der Waals surface area (Å²) in [7, 11) is 0. The van der Waals surface area contributed by atoms with E-state index < -0.39 is 6.09 Å². The number of piperidine rings is 1. The van der Waals surface area contributed by atoms with Crippen molar-refractivity contribution in [2.24, 2.45) is 11.8 Å². The van der Waals surface area contributed by atoms with E-state index in [4.69, 9.17) is 9.63 Å². The molecular formula is C12H17N3O3. The second-order valence-electron chi connectivity index (χ2n) is 5.25. The molecule has 2 aliphatic rings. The molecule has 1 aliphatic heterocycles. The van der Waals surface area contributed by atoms with Crippen molar-refractivity contribution in [3.63, 3.8) is 0 Å². The molecule has 1 saturated carbocycles. The number of carboxylic acid groups (broad SMARTS) is 1. The zero-order valence-corrected chi connectivity index (χ0v) is 10.3. The van der Waals surface area contributed by atoms with Crippen LogP contribution in [0.4, 0.5) is 4.79 Å². The standard InChI is InChI=1S/C12H17N3O3/c1-7-5-18-15-10(7)12(6-14-11(16)17)8-2-3-13-4-9(8)12/h5,8-9,13-14H,2-4,6H2,1H3,(H,16,17). The molecule has 2 heterocycles. The van der Waals surface area contributed by atoms with Crippen molar-refractivity contribution in [3.05, 3.63) is 17.5 Å². The van der Waals surface area contributed by atoms with Crippen molar-refractivity contribution in [1.82, 2.24) is 15.8 Å². The first-order chi connectivity index (χ1) is 8.66. The van der Waals surface area contributed by atoms with Gasteiger partial charge in [0.25, 0.3) is 0 Å². The van der Waals surface area contributed by atoms with Crippen LogP contribution in [0.5, 0.6) is 0 Å². The van der Waals surface area contributed by atoms with Crippen molar-refractivity contribution in [1.29, 1.82) is 0 Å². The summed E-state index contributed by atoms with van der Waals surface area (Å²) < 4.78 is 5.04. The molecule has 3 atom stereocenters. The Morgan fingerprint density at radius 1 is 1.72 bits per heavy atom. The van der Waals surface area contributed by atoms with E-state index in [1.807, 2.05) is 6.92 Å². The van der Waals surface area contributed by atoms with Crippen LogP contribution in [-0.2, 0) is 5.41 Å². The number of nitrogens with zero attached hydrogens (tertiary/aromatic N) is 1. The van der Waals surface area contributed by atoms with Crippen LogP contribution in [0.25, 0.3) is 0 Å². The van der Waals surface area contributed by atoms with Gasteiger partial charge in [0.2, 0.25) is 0 Å². The van der Waals surface area contributed by atoms with Gasteiger partial charge in [0.05, 0.1) is 5.69 Å². The van der Waals surface area contributed by atoms with Gasteiger partial charge in [0, 0.05) is 17.5 Å². The predicted octanol–water partition coefficient (Wildman–Crippen LogP) is 0.728. The maximum absolute atomic E-state index is 10.8. The molecule has 1 saturated heterocycles. The summed E-state index contributed by atoms with van der Waals surface area (Å²) in [5.41, 5.74) is 1.77. The number of nitrogens with one attached hydrogen (secondary N) is 2. The Morgan fingerprint density at radius 2 is 2.56 bits per heavy atom. The number of aromatic nitrogens is 1. The second kappa shape index (κ2) is 3.98. The summed E-state index contributed by atoms with van der Waals surface area (Å²) in [4.78, 5) is 10.8. The number of hydrogen-bond acceptors (Lipinski definition) is 4. The largest absolute Gasteiger partial charge is 0.465 e. The van der Waals surface area contributed by atoms with Crippen molar-refractivity contribution in [2.45, 2.75) is 18.8 Å². The Kier molecular flexibility index (Phi) is 2.55. The molecule has 0 radical (unpaired) electrons. The highest BCUT2D eigenvalue weighted by Crippen LogP contribution is 2.62. The van der Waals surface area contributed by atoms with Crippen molar-refractivity contribution in [2.75, 3.05) is 19.6 Å². The number of fused-ring (bicyclic) bond motifs is 1. The molecule has 3 unspecified atom stereocenters. The van der Waals surface area contributed by atoms with Crippen LogP contribution >= 0.6 is 0 Å². The van der Waals surface area contributed by atoms with Gasteiger partial charge in [0.15, 0.2) is 0 Å². The monoisotopic (exact) mass is 251 g/mol. The Balaban J connectivity index is 1.90. The summed E-state index contributed by atoms with van der Waals surface area (Å²) in [6, 6.07) is 0. The molecule has 18 heavy (non-hydrogen) atoms. The third kappa shape index (κ3) is 1.52. The van der Waals surface area contributed by atoms with E-state index in [1.165, 1.54) is 0 Å². The first kappa shape index (κ1) is 11.5. The fourth-order valence-electron chi connectivity index (χ4n) is 3.56. The van der Waals surface area contributed by atoms with E-state index >= 15 is 0 Å². The number of carbonyl (C=O) groups is 1. The molecular weight excluding hydrogens is 234 g/mol. The van der Waals surface area contributed by atoms with Crippen LogP contribution in [0.15, 0.2) is 10.8 Å². The third-order valence-electron chi connectivity index (χ3n) is 4.42. The topological polar surface area (TPSA) is 87.4 Å². The number of hydrogen-bond donors (Lipinski definition) is 3. The SMILES string of the molecule is Cc1conc1C1(CNC(=O)O)C2CCNCC21. The average Bonchev–Trinajstić information content (AvgIpc) is 2.81. The molecule has 0 spiro atoms. The molecule has 1 amide bonds. The van der Waals surface area contributed by atoms with Crippen molar-refractivity contribution in [3.8, 4) is 0 Å². The molecule has 3 rings (SSSR count). The summed E-state index contributed by atoms with van der Waals surface area (Å²) in [5.74, 6) is 0.969. The zero-order valence-electron chi connectivity index (χ0n) is 10.3. The minimum Gasteiger partial charge on any atom is -0.465 e. The van der Waals surface area contributed by atoms with Crippen molar-refractivity contribution >= 4 is 6.09 Å². The molecule has 0 aromatic carbocycles. The fraction of sp³-hybridized carbons (Fsp3) is 0.667. The van der Waals surface area contributed by atoms with Crippen LogP contribution in [0.2, 0.25) is 0 Å². The molecule has 6 nitrogen and oxygen atoms in total. The Hall–Kier alpha value is -1.56. The van der Waals surface area contributed by atoms with Gasteiger partial charge in [-0.05, 0) is 38.3 Å². The summed E-state index contributed by atoms with van der Waals surface area (Å²) in [6.07, 6.45) is 1.72. The van der Waals surface area contributed by atoms with Crippen LogP contribution in [0.1, 0.15) is 17.7 Å². The van der Waals surface area contributed by atoms with Crippen LogP contribution in [0.3, 0.4) is 0 Å². The van der Waals surface area contributed by atoms with E-state index in [0.29, 0.717) is 18.4 Å². The number of amides is 1. The number of aryl methyl sites for hydroxylation is 1. The van der Waals surface area contributed by atoms with E-state index in [2.05, 4.69) is 15.8 Å². The van der Waals surface area contributed by atoms with Crippen LogP contribution in [0, 0.1) is 18.8 Å². The van der Waals surface area contributed by atoms with Gasteiger partial charge >= 0.3 is 6.09 Å². The normalized spacial score (nSPS) is 33.8. The summed E-state index contributed by atoms with van der Waals surface area (Å²) in [6.45, 7) is 4.31. The highest BCUT2D eigenvalue weighted by atomic mass is 16.5. The van der Waals surface area contributed by atoms with Gasteiger partial charge in [-0.25, -0.2) is 4.79 Å². The number of rotatable bonds is 3. The molecule has 2 fully saturated rings. The first-order valence-corrected chi connectivity index (χ1v) is 6.25. The van der Waals surface area contributed by atoms with Crippen LogP contribution in [-0.4, -0.2) is 36.0 Å². The lowest BCUT2D eigenvalue weighted by Gasteiger charge is -2.15. The lowest BCUT2D eigenvalue weighted by Crippen LogP contribution is -2.34. The third-order valence-corrected chi connectivity index (χ3v) is 4.42. The van der Waals surface area contributed by atoms with Gasteiger partial charge in [-0.1, -0.05) is 5.16 Å². The summed E-state index contributed by atoms with van der Waals surface area (Å²) in [5, 5.41) is 18.8. The lowest BCUT2D eigenvalue weighted by molar-refractivity contribution is 0.192. The van der Waals surface area contributed by atoms with E-state index in [9.17, 15) is 4.79 Å². The highest BCUT2D eigenvalue weighted by molar-refractivity contribution is 5.65. The second-order valence-corrected chi connectivity index (χ2v) is 5.25. The van der Waals surface area contributed by atoms with Gasteiger partial charge in [0.1, 0.15) is 6.26 Å². The fourth-order valence-corrected chi connectivity index (χ4v) is 3.56. The Morgan fingerprint density at radius 3 is 3.11 bits per heavy atom. The van der Waals surface area contributed by atoms with Gasteiger partial charge < -0.3 is 20.3 Å². The molecule has 1 aromatic heterocycles. The maximum Gasteiger partial charge on any atom is 0.404 e. The van der Waals surface area contributed by atoms with Gasteiger partial charge in [-0.15, -0.1) is 0 Å². The van der Waals surface area contributed by atoms with Crippen molar-refractivity contribution < 1.29 is 14.4 Å². The highest BCUT2D eigenvalue weighted by Gasteiger charge is 2.67. The maximum atomic E-state index is 10.8. The first-order valence-electron chi connectivity index (χ1n) is 6.25. The Labute approximate surface area is 105 Å². The molecule has 1 aliphatic carbocycles. The molecule has 0 bridgehead atoms. The minimum absolute atomic E-state index is 0.168. The average molecular weight is 251 g/mol. The predicted molar refractivity (Wildman–Crippen MR) is 63.4 cm³/mol. The van der Waals surface area contributed by atoms with Crippen LogP contribution < -0.4 is 10.6 Å². The molecule has 1 aromatic rings. The Bertz CT molecular complexity index is 459. The van der Waals surface area contributed by atoms with Gasteiger partial charge in [-0.2, -0.15) is 0 Å². The van der Waals surface area contributed by atoms with E-state index in [1.54, 1.807) is 6.26 Å². The molecule has 6 heteroatoms. The quantitative estimate of drug-likeness (QED) is 0.737. The molecule has 3 N–H and O–H groups in total. The minimum atomic E-state index is -0.980. The van der Waals surface area contributed by atoms with Gasteiger partial charge in [-0.3, -0.25) is 0 Å². The summed E-state index contributed by atoms with van der Waals surface area (Å²) >= 11 is 0.